The molecule has 0 bridgehead atoms. The van der Waals surface area contributed by atoms with Crippen molar-refractivity contribution in [3.63, 3.8) is 0 Å². The van der Waals surface area contributed by atoms with Gasteiger partial charge in [-0.25, -0.2) is 0 Å². The standard InChI is InChI=1S/C24H28N2O3S/c1-4-14(2)16-9-11-17(12-10-16)21-15(3)30-23(20(21)13-25)26-22(27)18-7-5-6-8-19(18)24(28)29/h9-12,14,18-19H,4-8H2,1-3H3,(H,26,27)(H,28,29)/t14-,18-,19+/m1/s1. The van der Waals surface area contributed by atoms with Gasteiger partial charge in [0.1, 0.15) is 11.1 Å². The Kier molecular flexibility index (Phi) is 6.94. The lowest BCUT2D eigenvalue weighted by Gasteiger charge is -2.27. The third-order valence-corrected chi connectivity index (χ3v) is 7.25. The van der Waals surface area contributed by atoms with Crippen LogP contribution in [0, 0.1) is 30.1 Å². The molecule has 1 fully saturated rings. The maximum Gasteiger partial charge on any atom is 0.307 e. The van der Waals surface area contributed by atoms with Crippen LogP contribution in [0.5, 0.6) is 0 Å². The fourth-order valence-corrected chi connectivity index (χ4v) is 5.28. The van der Waals surface area contributed by atoms with Gasteiger partial charge in [-0.1, -0.05) is 51.0 Å². The first-order valence-corrected chi connectivity index (χ1v) is 11.4. The Morgan fingerprint density at radius 3 is 2.43 bits per heavy atom. The number of carboxylic acid groups (broad SMARTS) is 1. The Labute approximate surface area is 181 Å². The van der Waals surface area contributed by atoms with Crippen molar-refractivity contribution in [2.24, 2.45) is 11.8 Å². The number of hydrogen-bond donors (Lipinski definition) is 2. The first-order valence-electron chi connectivity index (χ1n) is 10.5. The molecule has 5 nitrogen and oxygen atoms in total. The first-order chi connectivity index (χ1) is 14.4. The number of carbonyl (C=O) groups excluding carboxylic acids is 1. The van der Waals surface area contributed by atoms with Crippen molar-refractivity contribution in [3.8, 4) is 17.2 Å². The molecule has 1 aliphatic carbocycles. The smallest absolute Gasteiger partial charge is 0.307 e. The summed E-state index contributed by atoms with van der Waals surface area (Å²) in [6, 6.07) is 10.5. The van der Waals surface area contributed by atoms with E-state index in [4.69, 9.17) is 0 Å². The van der Waals surface area contributed by atoms with Gasteiger partial charge >= 0.3 is 5.97 Å². The van der Waals surface area contributed by atoms with Gasteiger partial charge in [0, 0.05) is 10.4 Å². The predicted molar refractivity (Wildman–Crippen MR) is 120 cm³/mol. The van der Waals surface area contributed by atoms with E-state index in [1.54, 1.807) is 0 Å². The zero-order valence-electron chi connectivity index (χ0n) is 17.7. The van der Waals surface area contributed by atoms with Crippen molar-refractivity contribution in [3.05, 3.63) is 40.3 Å². The zero-order valence-corrected chi connectivity index (χ0v) is 18.5. The molecule has 1 amide bonds. The molecule has 158 valence electrons. The number of aliphatic carboxylic acids is 1. The van der Waals surface area contributed by atoms with Gasteiger partial charge in [0.15, 0.2) is 0 Å². The molecular weight excluding hydrogens is 396 g/mol. The van der Waals surface area contributed by atoms with Crippen molar-refractivity contribution < 1.29 is 14.7 Å². The van der Waals surface area contributed by atoms with E-state index in [0.717, 1.165) is 35.3 Å². The van der Waals surface area contributed by atoms with Crippen LogP contribution in [0.1, 0.15) is 67.9 Å². The summed E-state index contributed by atoms with van der Waals surface area (Å²) in [4.78, 5) is 25.4. The van der Waals surface area contributed by atoms with Gasteiger partial charge in [0.25, 0.3) is 0 Å². The lowest BCUT2D eigenvalue weighted by molar-refractivity contribution is -0.147. The number of carbonyl (C=O) groups is 2. The molecule has 3 rings (SSSR count). The fraction of sp³-hybridized carbons (Fsp3) is 0.458. The van der Waals surface area contributed by atoms with Gasteiger partial charge in [-0.2, -0.15) is 5.26 Å². The van der Waals surface area contributed by atoms with Gasteiger partial charge in [0.05, 0.1) is 17.4 Å². The van der Waals surface area contributed by atoms with Crippen LogP contribution >= 0.6 is 11.3 Å². The van der Waals surface area contributed by atoms with Gasteiger partial charge < -0.3 is 10.4 Å². The SMILES string of the molecule is CC[C@@H](C)c1ccc(-c2c(C)sc(NC(=O)[C@@H]3CCCC[C@@H]3C(=O)O)c2C#N)cc1. The number of benzene rings is 1. The van der Waals surface area contributed by atoms with Crippen LogP contribution in [0.3, 0.4) is 0 Å². The molecule has 2 aromatic rings. The molecule has 1 aliphatic rings. The van der Waals surface area contributed by atoms with E-state index in [9.17, 15) is 20.0 Å². The quantitative estimate of drug-likeness (QED) is 0.600. The summed E-state index contributed by atoms with van der Waals surface area (Å²) in [7, 11) is 0. The number of carboxylic acids is 1. The fourth-order valence-electron chi connectivity index (χ4n) is 4.25. The largest absolute Gasteiger partial charge is 0.481 e. The van der Waals surface area contributed by atoms with E-state index >= 15 is 0 Å². The van der Waals surface area contributed by atoms with Crippen LogP contribution in [-0.2, 0) is 9.59 Å². The molecule has 1 heterocycles. The van der Waals surface area contributed by atoms with Gasteiger partial charge in [0.2, 0.25) is 5.91 Å². The minimum atomic E-state index is -0.917. The van der Waals surface area contributed by atoms with Crippen molar-refractivity contribution in [1.82, 2.24) is 0 Å². The highest BCUT2D eigenvalue weighted by molar-refractivity contribution is 7.17. The average Bonchev–Trinajstić information content (AvgIpc) is 3.07. The molecule has 0 aliphatic heterocycles. The third kappa shape index (κ3) is 4.41. The van der Waals surface area contributed by atoms with Crippen molar-refractivity contribution in [1.29, 1.82) is 5.26 Å². The summed E-state index contributed by atoms with van der Waals surface area (Å²) in [5, 5.41) is 22.7. The van der Waals surface area contributed by atoms with Crippen molar-refractivity contribution >= 4 is 28.2 Å². The van der Waals surface area contributed by atoms with Crippen LogP contribution in [-0.4, -0.2) is 17.0 Å². The lowest BCUT2D eigenvalue weighted by atomic mass is 9.79. The van der Waals surface area contributed by atoms with Crippen LogP contribution in [0.4, 0.5) is 5.00 Å². The summed E-state index contributed by atoms with van der Waals surface area (Å²) in [5.41, 5.74) is 3.50. The number of amides is 1. The van der Waals surface area contributed by atoms with Crippen LogP contribution in [0.25, 0.3) is 11.1 Å². The summed E-state index contributed by atoms with van der Waals surface area (Å²) < 4.78 is 0. The summed E-state index contributed by atoms with van der Waals surface area (Å²) >= 11 is 1.38. The Morgan fingerprint density at radius 2 is 1.87 bits per heavy atom. The molecule has 1 aromatic heterocycles. The molecule has 1 aromatic carbocycles. The minimum absolute atomic E-state index is 0.293. The zero-order chi connectivity index (χ0) is 21.8. The second-order valence-electron chi connectivity index (χ2n) is 8.11. The molecule has 0 unspecified atom stereocenters. The molecule has 2 N–H and O–H groups in total. The van der Waals surface area contributed by atoms with E-state index in [2.05, 4.69) is 37.4 Å². The number of hydrogen-bond acceptors (Lipinski definition) is 4. The van der Waals surface area contributed by atoms with Gasteiger partial charge in [-0.05, 0) is 43.2 Å². The highest BCUT2D eigenvalue weighted by Crippen LogP contribution is 2.41. The average molecular weight is 425 g/mol. The van der Waals surface area contributed by atoms with E-state index < -0.39 is 17.8 Å². The topological polar surface area (TPSA) is 90.2 Å². The number of anilines is 1. The highest BCUT2D eigenvalue weighted by Gasteiger charge is 2.36. The molecule has 6 heteroatoms. The Balaban J connectivity index is 1.88. The number of aryl methyl sites for hydroxylation is 1. The molecule has 1 saturated carbocycles. The molecule has 0 saturated heterocycles. The van der Waals surface area contributed by atoms with E-state index in [1.807, 2.05) is 19.1 Å². The van der Waals surface area contributed by atoms with Gasteiger partial charge in [-0.15, -0.1) is 11.3 Å². The van der Waals surface area contributed by atoms with E-state index in [0.29, 0.717) is 29.3 Å². The normalized spacial score (nSPS) is 19.7. The summed E-state index contributed by atoms with van der Waals surface area (Å²) in [6.45, 7) is 6.29. The number of thiophene rings is 1. The maximum atomic E-state index is 12.9. The number of rotatable bonds is 6. The number of nitrogens with one attached hydrogen (secondary N) is 1. The minimum Gasteiger partial charge on any atom is -0.481 e. The van der Waals surface area contributed by atoms with Gasteiger partial charge in [-0.3, -0.25) is 9.59 Å². The van der Waals surface area contributed by atoms with Crippen molar-refractivity contribution in [2.75, 3.05) is 5.32 Å². The number of nitrogens with zero attached hydrogens (tertiary/aromatic N) is 1. The Hall–Kier alpha value is -2.65. The highest BCUT2D eigenvalue weighted by atomic mass is 32.1. The van der Waals surface area contributed by atoms with Crippen LogP contribution < -0.4 is 5.32 Å². The molecule has 0 radical (unpaired) electrons. The van der Waals surface area contributed by atoms with Crippen LogP contribution in [0.2, 0.25) is 0 Å². The molecule has 0 spiro atoms. The molecule has 3 atom stereocenters. The van der Waals surface area contributed by atoms with E-state index in [-0.39, 0.29) is 5.91 Å². The monoisotopic (exact) mass is 424 g/mol. The maximum absolute atomic E-state index is 12.9. The second-order valence-corrected chi connectivity index (χ2v) is 9.33. The first kappa shape index (κ1) is 22.0. The third-order valence-electron chi connectivity index (χ3n) is 6.23. The molecular formula is C24H28N2O3S. The molecule has 30 heavy (non-hydrogen) atoms. The Bertz CT molecular complexity index is 972. The Morgan fingerprint density at radius 1 is 1.23 bits per heavy atom. The summed E-state index contributed by atoms with van der Waals surface area (Å²) in [6.07, 6.45) is 3.84. The van der Waals surface area contributed by atoms with E-state index in [1.165, 1.54) is 16.9 Å². The predicted octanol–water partition coefficient (Wildman–Crippen LogP) is 5.94. The second kappa shape index (κ2) is 9.44. The van der Waals surface area contributed by atoms with Crippen molar-refractivity contribution in [2.45, 2.75) is 58.8 Å². The van der Waals surface area contributed by atoms with Crippen LogP contribution in [0.15, 0.2) is 24.3 Å². The number of nitriles is 1. The summed E-state index contributed by atoms with van der Waals surface area (Å²) in [5.74, 6) is -1.94. The lowest BCUT2D eigenvalue weighted by Crippen LogP contribution is -2.36.